The molecule has 7 N–H and O–H groups in total. The van der Waals surface area contributed by atoms with Crippen LogP contribution < -0.4 is 26.6 Å². The van der Waals surface area contributed by atoms with Crippen molar-refractivity contribution < 1.29 is 58.0 Å². The molecule has 0 aliphatic heterocycles. The molecular formula is C40H72N6O12. The number of likely N-dealkylation sites (N-methyl/N-ethyl adjacent to an activating group) is 1. The Bertz CT molecular complexity index is 1400. The van der Waals surface area contributed by atoms with Crippen LogP contribution >= 0.6 is 0 Å². The van der Waals surface area contributed by atoms with Crippen molar-refractivity contribution in [3.63, 3.8) is 0 Å². The minimum atomic E-state index is -1.24. The van der Waals surface area contributed by atoms with Gasteiger partial charge in [-0.25, -0.2) is 4.79 Å². The molecule has 0 radical (unpaired) electrons. The fourth-order valence-corrected chi connectivity index (χ4v) is 6.10. The summed E-state index contributed by atoms with van der Waals surface area (Å²) < 4.78 is 11.2. The van der Waals surface area contributed by atoms with Crippen LogP contribution in [0.2, 0.25) is 0 Å². The highest BCUT2D eigenvalue weighted by molar-refractivity contribution is 5.90. The van der Waals surface area contributed by atoms with E-state index in [4.69, 9.17) is 9.47 Å². The lowest BCUT2D eigenvalue weighted by molar-refractivity contribution is -0.145. The van der Waals surface area contributed by atoms with Gasteiger partial charge in [0.05, 0.1) is 26.2 Å². The molecule has 0 aliphatic carbocycles. The van der Waals surface area contributed by atoms with E-state index in [1.54, 1.807) is 76.2 Å². The molecule has 0 heterocycles. The number of carbonyl (C=O) groups excluding carboxylic acids is 6. The molecule has 0 rings (SSSR count). The van der Waals surface area contributed by atoms with Gasteiger partial charge in [0, 0.05) is 54.9 Å². The number of ether oxygens (including phenoxy) is 2. The molecule has 0 aromatic carbocycles. The van der Waals surface area contributed by atoms with Crippen LogP contribution in [-0.4, -0.2) is 134 Å². The van der Waals surface area contributed by atoms with Gasteiger partial charge in [-0.05, 0) is 51.9 Å². The summed E-state index contributed by atoms with van der Waals surface area (Å²) in [6.45, 7) is 19.9. The number of aliphatic carboxylic acids is 2. The molecule has 6 amide bonds. The Morgan fingerprint density at radius 3 is 1.71 bits per heavy atom. The van der Waals surface area contributed by atoms with Crippen LogP contribution in [0.5, 0.6) is 0 Å². The summed E-state index contributed by atoms with van der Waals surface area (Å²) in [6.07, 6.45) is 0.537. The average molecular weight is 829 g/mol. The van der Waals surface area contributed by atoms with Crippen LogP contribution in [0.25, 0.3) is 0 Å². The summed E-state index contributed by atoms with van der Waals surface area (Å²) in [5, 5.41) is 32.4. The quantitative estimate of drug-likeness (QED) is 0.0512. The van der Waals surface area contributed by atoms with Crippen LogP contribution in [0.1, 0.15) is 115 Å². The molecule has 0 bridgehead atoms. The maximum atomic E-state index is 13.0. The Hall–Kier alpha value is -4.32. The first kappa shape index (κ1) is 53.7. The van der Waals surface area contributed by atoms with Gasteiger partial charge in [-0.1, -0.05) is 55.4 Å². The van der Waals surface area contributed by atoms with E-state index >= 15 is 0 Å². The molecule has 18 nitrogen and oxygen atoms in total. The second kappa shape index (κ2) is 25.2. The van der Waals surface area contributed by atoms with Crippen LogP contribution in [-0.2, 0) is 47.8 Å². The second-order valence-electron chi connectivity index (χ2n) is 17.6. The number of hydrogen-bond acceptors (Lipinski definition) is 10. The molecule has 0 fully saturated rings. The molecule has 0 saturated heterocycles. The Labute approximate surface area is 344 Å². The normalized spacial score (nSPS) is 12.6. The fourth-order valence-electron chi connectivity index (χ4n) is 6.10. The van der Waals surface area contributed by atoms with Crippen molar-refractivity contribution in [1.29, 1.82) is 0 Å². The Kier molecular flexibility index (Phi) is 23.3. The minimum absolute atomic E-state index is 0.00121. The lowest BCUT2D eigenvalue weighted by atomic mass is 9.72. The summed E-state index contributed by atoms with van der Waals surface area (Å²) in [7, 11) is 0. The van der Waals surface area contributed by atoms with Crippen molar-refractivity contribution in [2.45, 2.75) is 127 Å². The molecule has 0 unspecified atom stereocenters. The van der Waals surface area contributed by atoms with Crippen LogP contribution in [0.4, 0.5) is 0 Å². The van der Waals surface area contributed by atoms with Gasteiger partial charge >= 0.3 is 11.9 Å². The smallest absolute Gasteiger partial charge is 0.326 e. The van der Waals surface area contributed by atoms with Crippen molar-refractivity contribution in [3.8, 4) is 0 Å². The summed E-state index contributed by atoms with van der Waals surface area (Å²) in [4.78, 5) is 100. The number of amides is 6. The predicted octanol–water partition coefficient (Wildman–Crippen LogP) is 1.84. The molecule has 18 heteroatoms. The second-order valence-corrected chi connectivity index (χ2v) is 17.6. The van der Waals surface area contributed by atoms with E-state index in [-0.39, 0.29) is 114 Å². The van der Waals surface area contributed by atoms with Crippen molar-refractivity contribution in [2.75, 3.05) is 59.2 Å². The topological polar surface area (TPSA) is 259 Å². The minimum Gasteiger partial charge on any atom is -0.481 e. The molecular weight excluding hydrogens is 756 g/mol. The number of carbonyl (C=O) groups is 8. The standard InChI is InChI=1S/C40H72N6O12/c1-12-41-29(47)24-46(25-30(48)44-27(2)3)31(49)14-17-42-35(55)39(8,9)16-19-57-21-22-58-20-18-43-34(54)38(6,7)15-13-28(33(52)53)45-36(56)40(10,11)26-37(4,5)23-32(50)51/h27-28H,12-26H2,1-11H3,(H,41,47)(H,42,55)(H,43,54)(H,44,48)(H,45,56)(H,50,51)(H,52,53)/t28-/m0/s1. The van der Waals surface area contributed by atoms with Gasteiger partial charge in [-0.15, -0.1) is 0 Å². The first-order chi connectivity index (χ1) is 26.7. The van der Waals surface area contributed by atoms with Gasteiger partial charge in [-0.3, -0.25) is 33.6 Å². The number of carboxylic acids is 2. The van der Waals surface area contributed by atoms with Crippen molar-refractivity contribution >= 4 is 47.4 Å². The molecule has 0 aromatic rings. The van der Waals surface area contributed by atoms with Gasteiger partial charge in [0.2, 0.25) is 35.4 Å². The van der Waals surface area contributed by atoms with Crippen molar-refractivity contribution in [1.82, 2.24) is 31.5 Å². The zero-order valence-electron chi connectivity index (χ0n) is 36.7. The van der Waals surface area contributed by atoms with Crippen molar-refractivity contribution in [2.24, 2.45) is 21.7 Å². The van der Waals surface area contributed by atoms with Crippen molar-refractivity contribution in [3.05, 3.63) is 0 Å². The summed E-state index contributed by atoms with van der Waals surface area (Å²) in [5.41, 5.74) is -3.48. The molecule has 1 atom stereocenters. The third-order valence-corrected chi connectivity index (χ3v) is 9.30. The maximum Gasteiger partial charge on any atom is 0.326 e. The van der Waals surface area contributed by atoms with Crippen LogP contribution in [0.3, 0.4) is 0 Å². The Morgan fingerprint density at radius 2 is 1.17 bits per heavy atom. The number of carboxylic acid groups (broad SMARTS) is 2. The van der Waals surface area contributed by atoms with Gasteiger partial charge in [0.1, 0.15) is 19.1 Å². The van der Waals surface area contributed by atoms with Crippen LogP contribution in [0.15, 0.2) is 0 Å². The molecule has 0 aromatic heterocycles. The largest absolute Gasteiger partial charge is 0.481 e. The fraction of sp³-hybridized carbons (Fsp3) is 0.800. The third-order valence-electron chi connectivity index (χ3n) is 9.30. The number of nitrogens with one attached hydrogen (secondary N) is 5. The van der Waals surface area contributed by atoms with E-state index in [1.807, 2.05) is 0 Å². The van der Waals surface area contributed by atoms with E-state index in [0.717, 1.165) is 4.90 Å². The predicted molar refractivity (Wildman–Crippen MR) is 216 cm³/mol. The highest BCUT2D eigenvalue weighted by Gasteiger charge is 2.38. The lowest BCUT2D eigenvalue weighted by Gasteiger charge is -2.34. The molecule has 0 spiro atoms. The molecule has 0 saturated carbocycles. The highest BCUT2D eigenvalue weighted by Crippen LogP contribution is 2.36. The highest BCUT2D eigenvalue weighted by atomic mass is 16.5. The maximum absolute atomic E-state index is 13.0. The number of hydrogen-bond donors (Lipinski definition) is 7. The lowest BCUT2D eigenvalue weighted by Crippen LogP contribution is -2.48. The van der Waals surface area contributed by atoms with Gasteiger partial charge in [0.15, 0.2) is 0 Å². The summed E-state index contributed by atoms with van der Waals surface area (Å²) in [6, 6.07) is -1.37. The SMILES string of the molecule is CCNC(=O)CN(CC(=O)NC(C)C)C(=O)CCNC(=O)C(C)(C)CCOCCOCCNC(=O)C(C)(C)CC[C@H](NC(=O)C(C)(C)CC(C)(C)CC(=O)O)C(=O)O. The van der Waals surface area contributed by atoms with Gasteiger partial charge in [-0.2, -0.15) is 0 Å². The molecule has 334 valence electrons. The third kappa shape index (κ3) is 22.6. The summed E-state index contributed by atoms with van der Waals surface area (Å²) >= 11 is 0. The zero-order chi connectivity index (χ0) is 44.9. The van der Waals surface area contributed by atoms with E-state index in [2.05, 4.69) is 26.6 Å². The van der Waals surface area contributed by atoms with E-state index in [0.29, 0.717) is 13.0 Å². The van der Waals surface area contributed by atoms with E-state index in [9.17, 15) is 48.6 Å². The molecule has 58 heavy (non-hydrogen) atoms. The monoisotopic (exact) mass is 829 g/mol. The van der Waals surface area contributed by atoms with E-state index in [1.165, 1.54) is 0 Å². The first-order valence-electron chi connectivity index (χ1n) is 20.0. The van der Waals surface area contributed by atoms with Gasteiger partial charge < -0.3 is 51.2 Å². The Balaban J connectivity index is 4.61. The molecule has 0 aliphatic rings. The number of nitrogens with zero attached hydrogens (tertiary/aromatic N) is 1. The van der Waals surface area contributed by atoms with Gasteiger partial charge in [0.25, 0.3) is 0 Å². The summed E-state index contributed by atoms with van der Waals surface area (Å²) in [5.74, 6) is -4.55. The Morgan fingerprint density at radius 1 is 0.638 bits per heavy atom. The van der Waals surface area contributed by atoms with E-state index < -0.39 is 51.5 Å². The average Bonchev–Trinajstić information content (AvgIpc) is 3.06. The zero-order valence-corrected chi connectivity index (χ0v) is 36.7. The number of rotatable bonds is 30. The first-order valence-corrected chi connectivity index (χ1v) is 20.0. The van der Waals surface area contributed by atoms with Crippen LogP contribution in [0, 0.1) is 21.7 Å².